The molecule has 2 amide bonds. The molecule has 0 radical (unpaired) electrons. The molecule has 0 aliphatic carbocycles. The number of esters is 1. The van der Waals surface area contributed by atoms with Crippen molar-refractivity contribution in [1.82, 2.24) is 5.32 Å². The molecule has 1 heterocycles. The summed E-state index contributed by atoms with van der Waals surface area (Å²) >= 11 is 2.62. The molecule has 0 aliphatic rings. The number of rotatable bonds is 9. The number of hydrogen-bond donors (Lipinski definition) is 2. The van der Waals surface area contributed by atoms with E-state index < -0.39 is 17.0 Å². The Morgan fingerprint density at radius 1 is 1.14 bits per heavy atom. The van der Waals surface area contributed by atoms with Crippen LogP contribution in [0.1, 0.15) is 24.8 Å². The van der Waals surface area contributed by atoms with Crippen molar-refractivity contribution in [2.75, 3.05) is 17.7 Å². The third kappa shape index (κ3) is 7.32. The van der Waals surface area contributed by atoms with Crippen LogP contribution in [0.5, 0.6) is 0 Å². The maximum atomic E-state index is 12.8. The fourth-order valence-electron chi connectivity index (χ4n) is 2.14. The summed E-state index contributed by atoms with van der Waals surface area (Å²) in [6, 6.07) is 9.04. The van der Waals surface area contributed by atoms with Gasteiger partial charge in [-0.15, -0.1) is 23.1 Å². The smallest absolute Gasteiger partial charge is 0.319 e. The van der Waals surface area contributed by atoms with Gasteiger partial charge in [-0.25, -0.2) is 4.39 Å². The fraction of sp³-hybridized carbons (Fsp3) is 0.316. The summed E-state index contributed by atoms with van der Waals surface area (Å²) in [6.45, 7) is 3.08. The SMILES string of the molecule is C[C@@H](SCC(=O)Nc1ccc(F)cc1)C(=O)OCC(=O)N[C@H](C)c1cccs1. The molecule has 2 N–H and O–H groups in total. The Hall–Kier alpha value is -2.39. The van der Waals surface area contributed by atoms with Crippen LogP contribution in [0.2, 0.25) is 0 Å². The van der Waals surface area contributed by atoms with E-state index in [2.05, 4.69) is 10.6 Å². The highest BCUT2D eigenvalue weighted by Gasteiger charge is 2.19. The number of nitrogens with one attached hydrogen (secondary N) is 2. The Morgan fingerprint density at radius 3 is 2.50 bits per heavy atom. The Morgan fingerprint density at radius 2 is 1.86 bits per heavy atom. The van der Waals surface area contributed by atoms with Crippen LogP contribution in [0.3, 0.4) is 0 Å². The zero-order valence-corrected chi connectivity index (χ0v) is 17.1. The third-order valence-corrected chi connectivity index (χ3v) is 5.79. The second-order valence-electron chi connectivity index (χ2n) is 5.92. The van der Waals surface area contributed by atoms with Crippen molar-refractivity contribution in [1.29, 1.82) is 0 Å². The molecule has 150 valence electrons. The van der Waals surface area contributed by atoms with Crippen molar-refractivity contribution >= 4 is 46.6 Å². The molecule has 1 aromatic heterocycles. The van der Waals surface area contributed by atoms with Gasteiger partial charge in [0.2, 0.25) is 5.91 Å². The maximum absolute atomic E-state index is 12.8. The van der Waals surface area contributed by atoms with Crippen LogP contribution in [0, 0.1) is 5.82 Å². The Kier molecular flexibility index (Phi) is 8.46. The second kappa shape index (κ2) is 10.8. The Balaban J connectivity index is 1.66. The van der Waals surface area contributed by atoms with Crippen molar-refractivity contribution in [3.63, 3.8) is 0 Å². The molecule has 2 atom stereocenters. The summed E-state index contributed by atoms with van der Waals surface area (Å²) in [5, 5.41) is 6.67. The number of halogens is 1. The molecule has 9 heteroatoms. The number of hydrogen-bond acceptors (Lipinski definition) is 6. The van der Waals surface area contributed by atoms with Crippen molar-refractivity contribution in [2.24, 2.45) is 0 Å². The summed E-state index contributed by atoms with van der Waals surface area (Å²) in [7, 11) is 0. The lowest BCUT2D eigenvalue weighted by molar-refractivity contribution is -0.147. The van der Waals surface area contributed by atoms with Gasteiger partial charge in [0, 0.05) is 10.6 Å². The highest BCUT2D eigenvalue weighted by Crippen LogP contribution is 2.18. The minimum absolute atomic E-state index is 0.0231. The van der Waals surface area contributed by atoms with E-state index in [1.54, 1.807) is 6.92 Å². The number of thiophene rings is 1. The first kappa shape index (κ1) is 21.9. The molecule has 6 nitrogen and oxygen atoms in total. The first-order valence-corrected chi connectivity index (χ1v) is 10.4. The summed E-state index contributed by atoms with van der Waals surface area (Å²) in [6.07, 6.45) is 0. The van der Waals surface area contributed by atoms with E-state index >= 15 is 0 Å². The van der Waals surface area contributed by atoms with Gasteiger partial charge in [-0.3, -0.25) is 14.4 Å². The molecule has 0 saturated heterocycles. The highest BCUT2D eigenvalue weighted by molar-refractivity contribution is 8.01. The van der Waals surface area contributed by atoms with Crippen LogP contribution in [-0.2, 0) is 19.1 Å². The molecule has 2 rings (SSSR count). The minimum Gasteiger partial charge on any atom is -0.455 e. The van der Waals surface area contributed by atoms with E-state index in [0.717, 1.165) is 16.6 Å². The average molecular weight is 425 g/mol. The minimum atomic E-state index is -0.610. The van der Waals surface area contributed by atoms with E-state index in [4.69, 9.17) is 4.74 Å². The van der Waals surface area contributed by atoms with Crippen LogP contribution < -0.4 is 10.6 Å². The van der Waals surface area contributed by atoms with Gasteiger partial charge < -0.3 is 15.4 Å². The summed E-state index contributed by atoms with van der Waals surface area (Å²) in [5.74, 6) is -1.65. The van der Waals surface area contributed by atoms with Crippen LogP contribution >= 0.6 is 23.1 Å². The van der Waals surface area contributed by atoms with Gasteiger partial charge >= 0.3 is 5.97 Å². The molecular weight excluding hydrogens is 403 g/mol. The largest absolute Gasteiger partial charge is 0.455 e. The molecule has 1 aromatic carbocycles. The lowest BCUT2D eigenvalue weighted by Crippen LogP contribution is -2.32. The first-order valence-electron chi connectivity index (χ1n) is 8.51. The van der Waals surface area contributed by atoms with E-state index in [0.29, 0.717) is 5.69 Å². The normalized spacial score (nSPS) is 12.7. The third-order valence-electron chi connectivity index (χ3n) is 3.62. The summed E-state index contributed by atoms with van der Waals surface area (Å²) < 4.78 is 17.8. The predicted octanol–water partition coefficient (Wildman–Crippen LogP) is 3.37. The Labute approximate surface area is 170 Å². The molecule has 0 unspecified atom stereocenters. The molecule has 0 bridgehead atoms. The lowest BCUT2D eigenvalue weighted by Gasteiger charge is -2.14. The van der Waals surface area contributed by atoms with Crippen LogP contribution in [0.25, 0.3) is 0 Å². The highest BCUT2D eigenvalue weighted by atomic mass is 32.2. The van der Waals surface area contributed by atoms with Crippen LogP contribution in [-0.4, -0.2) is 35.4 Å². The average Bonchev–Trinajstić information content (AvgIpc) is 3.21. The first-order chi connectivity index (χ1) is 13.3. The quantitative estimate of drug-likeness (QED) is 0.603. The molecule has 0 saturated carbocycles. The number of ether oxygens (including phenoxy) is 1. The van der Waals surface area contributed by atoms with Gasteiger partial charge in [0.25, 0.3) is 5.91 Å². The van der Waals surface area contributed by atoms with E-state index in [9.17, 15) is 18.8 Å². The second-order valence-corrected chi connectivity index (χ2v) is 8.23. The van der Waals surface area contributed by atoms with Gasteiger partial charge in [-0.1, -0.05) is 6.07 Å². The summed E-state index contributed by atoms with van der Waals surface area (Å²) in [5.41, 5.74) is 0.471. The molecule has 2 aromatic rings. The van der Waals surface area contributed by atoms with E-state index in [-0.39, 0.29) is 30.2 Å². The van der Waals surface area contributed by atoms with E-state index in [1.165, 1.54) is 35.6 Å². The lowest BCUT2D eigenvalue weighted by atomic mass is 10.3. The summed E-state index contributed by atoms with van der Waals surface area (Å²) in [4.78, 5) is 36.8. The van der Waals surface area contributed by atoms with Gasteiger partial charge in [0.1, 0.15) is 11.1 Å². The van der Waals surface area contributed by atoms with Crippen molar-refractivity contribution in [2.45, 2.75) is 25.1 Å². The molecule has 28 heavy (non-hydrogen) atoms. The Bertz CT molecular complexity index is 797. The van der Waals surface area contributed by atoms with Gasteiger partial charge in [-0.05, 0) is 49.6 Å². The van der Waals surface area contributed by atoms with Gasteiger partial charge in [0.15, 0.2) is 6.61 Å². The number of carbonyl (C=O) groups is 3. The molecule has 0 fully saturated rings. The number of amides is 2. The van der Waals surface area contributed by atoms with E-state index in [1.807, 2.05) is 24.4 Å². The van der Waals surface area contributed by atoms with Gasteiger partial charge in [0.05, 0.1) is 11.8 Å². The van der Waals surface area contributed by atoms with Crippen molar-refractivity contribution in [3.8, 4) is 0 Å². The fourth-order valence-corrected chi connectivity index (χ4v) is 3.56. The van der Waals surface area contributed by atoms with Gasteiger partial charge in [-0.2, -0.15) is 0 Å². The monoisotopic (exact) mass is 424 g/mol. The molecule has 0 spiro atoms. The number of anilines is 1. The number of thioether (sulfide) groups is 1. The number of carbonyl (C=O) groups excluding carboxylic acids is 3. The topological polar surface area (TPSA) is 84.5 Å². The standard InChI is InChI=1S/C19H21FN2O4S2/c1-12(16-4-3-9-27-16)21-17(23)10-26-19(25)13(2)28-11-18(24)22-15-7-5-14(20)6-8-15/h3-9,12-13H,10-11H2,1-2H3,(H,21,23)(H,22,24)/t12-,13-/m1/s1. The van der Waals surface area contributed by atoms with Crippen LogP contribution in [0.15, 0.2) is 41.8 Å². The van der Waals surface area contributed by atoms with Crippen LogP contribution in [0.4, 0.5) is 10.1 Å². The zero-order valence-electron chi connectivity index (χ0n) is 15.4. The van der Waals surface area contributed by atoms with Crippen molar-refractivity contribution < 1.29 is 23.5 Å². The number of benzene rings is 1. The maximum Gasteiger partial charge on any atom is 0.319 e. The van der Waals surface area contributed by atoms with Crippen molar-refractivity contribution in [3.05, 3.63) is 52.5 Å². The predicted molar refractivity (Wildman–Crippen MR) is 109 cm³/mol. The molecule has 0 aliphatic heterocycles. The zero-order chi connectivity index (χ0) is 20.5. The molecular formula is C19H21FN2O4S2.